The van der Waals surface area contributed by atoms with E-state index in [1.165, 1.54) is 12.8 Å². The molecule has 0 radical (unpaired) electrons. The van der Waals surface area contributed by atoms with Crippen molar-refractivity contribution in [3.63, 3.8) is 0 Å². The number of hydrogen-bond acceptors (Lipinski definition) is 2. The molecule has 2 unspecified atom stereocenters. The maximum Gasteiger partial charge on any atom is 0.244 e. The second kappa shape index (κ2) is 5.22. The SMILES string of the molecule is CC(C1CC1)N(C)C(=O)C(C#N)c1ccccc1. The molecule has 1 saturated carbocycles. The van der Waals surface area contributed by atoms with E-state index in [9.17, 15) is 10.1 Å². The molecule has 1 amide bonds. The molecule has 0 bridgehead atoms. The van der Waals surface area contributed by atoms with Crippen LogP contribution in [0.1, 0.15) is 31.2 Å². The Kier molecular flexibility index (Phi) is 3.66. The van der Waals surface area contributed by atoms with Gasteiger partial charge in [-0.3, -0.25) is 4.79 Å². The smallest absolute Gasteiger partial charge is 0.244 e. The van der Waals surface area contributed by atoms with Crippen molar-refractivity contribution in [1.82, 2.24) is 4.90 Å². The first kappa shape index (κ1) is 12.6. The van der Waals surface area contributed by atoms with E-state index in [-0.39, 0.29) is 11.9 Å². The minimum atomic E-state index is -0.683. The molecule has 3 nitrogen and oxygen atoms in total. The van der Waals surface area contributed by atoms with Gasteiger partial charge in [-0.1, -0.05) is 30.3 Å². The first-order valence-electron chi connectivity index (χ1n) is 6.36. The van der Waals surface area contributed by atoms with Crippen molar-refractivity contribution in [3.8, 4) is 6.07 Å². The van der Waals surface area contributed by atoms with Crippen LogP contribution in [0, 0.1) is 17.2 Å². The van der Waals surface area contributed by atoms with Crippen LogP contribution in [-0.4, -0.2) is 23.9 Å². The summed E-state index contributed by atoms with van der Waals surface area (Å²) in [5.41, 5.74) is 0.778. The van der Waals surface area contributed by atoms with Crippen molar-refractivity contribution in [2.24, 2.45) is 5.92 Å². The number of nitriles is 1. The van der Waals surface area contributed by atoms with Crippen molar-refractivity contribution in [2.75, 3.05) is 7.05 Å². The van der Waals surface area contributed by atoms with Gasteiger partial charge in [-0.05, 0) is 31.2 Å². The minimum Gasteiger partial charge on any atom is -0.341 e. The van der Waals surface area contributed by atoms with Crippen molar-refractivity contribution >= 4 is 5.91 Å². The molecule has 0 saturated heterocycles. The number of carbonyl (C=O) groups is 1. The van der Waals surface area contributed by atoms with Crippen LogP contribution >= 0.6 is 0 Å². The number of benzene rings is 1. The summed E-state index contributed by atoms with van der Waals surface area (Å²) in [4.78, 5) is 14.1. The van der Waals surface area contributed by atoms with Crippen LogP contribution in [0.2, 0.25) is 0 Å². The number of amides is 1. The molecular formula is C15H18N2O. The average molecular weight is 242 g/mol. The fourth-order valence-corrected chi connectivity index (χ4v) is 2.22. The molecule has 1 aliphatic carbocycles. The van der Waals surface area contributed by atoms with Gasteiger partial charge in [0.05, 0.1) is 6.07 Å². The predicted octanol–water partition coefficient (Wildman–Crippen LogP) is 2.55. The Morgan fingerprint density at radius 1 is 1.39 bits per heavy atom. The molecule has 0 spiro atoms. The van der Waals surface area contributed by atoms with Crippen LogP contribution < -0.4 is 0 Å². The lowest BCUT2D eigenvalue weighted by molar-refractivity contribution is -0.132. The van der Waals surface area contributed by atoms with Crippen molar-refractivity contribution in [1.29, 1.82) is 5.26 Å². The zero-order valence-corrected chi connectivity index (χ0v) is 10.8. The van der Waals surface area contributed by atoms with E-state index in [1.807, 2.05) is 30.3 Å². The largest absolute Gasteiger partial charge is 0.341 e. The number of likely N-dealkylation sites (N-methyl/N-ethyl adjacent to an activating group) is 1. The topological polar surface area (TPSA) is 44.1 Å². The van der Waals surface area contributed by atoms with Crippen LogP contribution in [-0.2, 0) is 4.79 Å². The molecule has 0 aliphatic heterocycles. The quantitative estimate of drug-likeness (QED) is 0.814. The van der Waals surface area contributed by atoms with E-state index in [1.54, 1.807) is 11.9 Å². The Bertz CT molecular complexity index is 459. The molecule has 2 atom stereocenters. The standard InChI is InChI=1S/C15H18N2O/c1-11(12-8-9-12)17(2)15(18)14(10-16)13-6-4-3-5-7-13/h3-7,11-12,14H,8-9H2,1-2H3. The Balaban J connectivity index is 2.13. The van der Waals surface area contributed by atoms with Gasteiger partial charge in [0.1, 0.15) is 5.92 Å². The number of nitrogens with zero attached hydrogens (tertiary/aromatic N) is 2. The molecule has 3 heteroatoms. The lowest BCUT2D eigenvalue weighted by Gasteiger charge is -2.26. The summed E-state index contributed by atoms with van der Waals surface area (Å²) < 4.78 is 0. The second-order valence-corrected chi connectivity index (χ2v) is 5.00. The molecule has 0 N–H and O–H groups in total. The van der Waals surface area contributed by atoms with Crippen LogP contribution in [0.5, 0.6) is 0 Å². The lowest BCUT2D eigenvalue weighted by atomic mass is 9.98. The highest BCUT2D eigenvalue weighted by Crippen LogP contribution is 2.35. The first-order chi connectivity index (χ1) is 8.65. The number of hydrogen-bond donors (Lipinski definition) is 0. The Morgan fingerprint density at radius 3 is 2.50 bits per heavy atom. The second-order valence-electron chi connectivity index (χ2n) is 5.00. The molecule has 0 heterocycles. The van der Waals surface area contributed by atoms with Crippen LogP contribution in [0.3, 0.4) is 0 Å². The third-order valence-electron chi connectivity index (χ3n) is 3.77. The van der Waals surface area contributed by atoms with Crippen LogP contribution in [0.15, 0.2) is 30.3 Å². The van der Waals surface area contributed by atoms with Crippen molar-refractivity contribution < 1.29 is 4.79 Å². The highest BCUT2D eigenvalue weighted by molar-refractivity contribution is 5.86. The van der Waals surface area contributed by atoms with E-state index in [0.29, 0.717) is 5.92 Å². The van der Waals surface area contributed by atoms with Gasteiger partial charge in [0.15, 0.2) is 0 Å². The van der Waals surface area contributed by atoms with Gasteiger partial charge >= 0.3 is 0 Å². The Morgan fingerprint density at radius 2 is 2.00 bits per heavy atom. The van der Waals surface area contributed by atoms with Crippen LogP contribution in [0.4, 0.5) is 0 Å². The van der Waals surface area contributed by atoms with Gasteiger partial charge in [0, 0.05) is 13.1 Å². The molecule has 1 fully saturated rings. The third kappa shape index (κ3) is 2.53. The summed E-state index contributed by atoms with van der Waals surface area (Å²) in [6.45, 7) is 2.06. The average Bonchev–Trinajstić information content (AvgIpc) is 3.23. The molecular weight excluding hydrogens is 224 g/mol. The van der Waals surface area contributed by atoms with Crippen LogP contribution in [0.25, 0.3) is 0 Å². The van der Waals surface area contributed by atoms with Gasteiger partial charge in [-0.15, -0.1) is 0 Å². The monoisotopic (exact) mass is 242 g/mol. The van der Waals surface area contributed by atoms with E-state index >= 15 is 0 Å². The highest BCUT2D eigenvalue weighted by Gasteiger charge is 2.35. The lowest BCUT2D eigenvalue weighted by Crippen LogP contribution is -2.39. The molecule has 1 aromatic rings. The highest BCUT2D eigenvalue weighted by atomic mass is 16.2. The van der Waals surface area contributed by atoms with Gasteiger partial charge in [0.25, 0.3) is 0 Å². The summed E-state index contributed by atoms with van der Waals surface area (Å²) in [5.74, 6) is -0.158. The van der Waals surface area contributed by atoms with E-state index < -0.39 is 5.92 Å². The normalized spacial score (nSPS) is 17.6. The van der Waals surface area contributed by atoms with E-state index in [4.69, 9.17) is 0 Å². The fraction of sp³-hybridized carbons (Fsp3) is 0.467. The maximum absolute atomic E-state index is 12.4. The number of rotatable bonds is 4. The van der Waals surface area contributed by atoms with E-state index in [0.717, 1.165) is 5.56 Å². The summed E-state index contributed by atoms with van der Waals surface area (Å²) >= 11 is 0. The summed E-state index contributed by atoms with van der Waals surface area (Å²) in [7, 11) is 1.80. The summed E-state index contributed by atoms with van der Waals surface area (Å²) in [6, 6.07) is 11.6. The zero-order valence-electron chi connectivity index (χ0n) is 10.8. The minimum absolute atomic E-state index is 0.0944. The van der Waals surface area contributed by atoms with Gasteiger partial charge < -0.3 is 4.90 Å². The zero-order chi connectivity index (χ0) is 13.1. The molecule has 1 aliphatic rings. The molecule has 94 valence electrons. The van der Waals surface area contributed by atoms with Gasteiger partial charge in [-0.25, -0.2) is 0 Å². The third-order valence-corrected chi connectivity index (χ3v) is 3.77. The van der Waals surface area contributed by atoms with Gasteiger partial charge in [0.2, 0.25) is 5.91 Å². The predicted molar refractivity (Wildman–Crippen MR) is 69.8 cm³/mol. The summed E-state index contributed by atoms with van der Waals surface area (Å²) in [6.07, 6.45) is 2.39. The van der Waals surface area contributed by atoms with Crippen molar-refractivity contribution in [3.05, 3.63) is 35.9 Å². The molecule has 0 aromatic heterocycles. The fourth-order valence-electron chi connectivity index (χ4n) is 2.22. The maximum atomic E-state index is 12.4. The van der Waals surface area contributed by atoms with Gasteiger partial charge in [-0.2, -0.15) is 5.26 Å². The number of carbonyl (C=O) groups excluding carboxylic acids is 1. The molecule has 2 rings (SSSR count). The van der Waals surface area contributed by atoms with Crippen molar-refractivity contribution in [2.45, 2.75) is 31.7 Å². The Hall–Kier alpha value is -1.82. The first-order valence-corrected chi connectivity index (χ1v) is 6.36. The molecule has 1 aromatic carbocycles. The molecule has 18 heavy (non-hydrogen) atoms. The Labute approximate surface area is 108 Å². The van der Waals surface area contributed by atoms with E-state index in [2.05, 4.69) is 13.0 Å². The summed E-state index contributed by atoms with van der Waals surface area (Å²) in [5, 5.41) is 9.24.